The largest absolute Gasteiger partial charge is 0.491 e. The van der Waals surface area contributed by atoms with Crippen molar-refractivity contribution in [3.63, 3.8) is 0 Å². The van der Waals surface area contributed by atoms with Gasteiger partial charge < -0.3 is 28.4 Å². The molecule has 0 unspecified atom stereocenters. The van der Waals surface area contributed by atoms with Crippen molar-refractivity contribution in [3.05, 3.63) is 549 Å². The van der Waals surface area contributed by atoms with Crippen molar-refractivity contribution in [2.24, 2.45) is 0 Å². The van der Waals surface area contributed by atoms with E-state index >= 15 is 0 Å². The van der Waals surface area contributed by atoms with Gasteiger partial charge in [0, 0.05) is 116 Å². The van der Waals surface area contributed by atoms with Crippen LogP contribution < -0.4 is 37.2 Å². The first-order valence-electron chi connectivity index (χ1n) is 52.2. The fourth-order valence-corrected chi connectivity index (χ4v) is 19.8. The Morgan fingerprint density at radius 1 is 0.207 bits per heavy atom. The molecule has 0 aliphatic carbocycles. The highest BCUT2D eigenvalue weighted by Crippen LogP contribution is 2.50. The second-order valence-electron chi connectivity index (χ2n) is 43.1. The Bertz CT molecular complexity index is 7290. The standard InChI is InChI=1S/C138H132N6O6/c1-133(2,3)115-45-53-121(54-46-115)137(122-55-47-116(48-56-122)134(4,5)6,125-61-65-129(66-62-125)149-91-87-145-85-89-147-127-19-15-13-16-20-127)119-41-35-105(36-42-119)99-143-81-73-111(74-82-143)109-69-77-141(78-70-109)97-103-29-23-101(24-30-103)27-33-107-93-113-39-40-114-94-108(96-140-132(114)131(113)139-95-107)34-28-102-25-31-104(32-26-102)98-142-79-71-110(72-80-142)112-75-83-144(84-76-112)100-106-37-43-120(44-38-106)138(123-57-49-117(50-58-123)135(7,8)9,124-59-51-118(52-60-124)136(10,11)12)126-63-67-130(68-64-126)150-92-88-146-86-90-148-128-21-17-14-18-22-128/h13-26,29-32,35-84,93-96H,85-92,97-100H2,1-12H3/q+4. The molecule has 0 saturated heterocycles. The Kier molecular flexibility index (Phi) is 31.2. The van der Waals surface area contributed by atoms with Crippen molar-refractivity contribution in [2.75, 3.05) is 52.9 Å². The number of pyridine rings is 6. The van der Waals surface area contributed by atoms with Crippen LogP contribution in [0.4, 0.5) is 0 Å². The number of aromatic nitrogens is 6. The molecule has 0 fully saturated rings. The predicted octanol–water partition coefficient (Wildman–Crippen LogP) is 27.2. The number of ether oxygens (including phenoxy) is 6. The monoisotopic (exact) mass is 1970 g/mol. The summed E-state index contributed by atoms with van der Waals surface area (Å²) >= 11 is 0. The van der Waals surface area contributed by atoms with Gasteiger partial charge in [0.15, 0.2) is 75.8 Å². The summed E-state index contributed by atoms with van der Waals surface area (Å²) in [6.07, 6.45) is 21.0. The minimum absolute atomic E-state index is 0.00780. The molecule has 12 nitrogen and oxygen atoms in total. The number of para-hydroxylation sites is 2. The molecular weight excluding hydrogens is 1840 g/mol. The molecule has 0 atom stereocenters. The summed E-state index contributed by atoms with van der Waals surface area (Å²) in [7, 11) is 0. The highest BCUT2D eigenvalue weighted by molar-refractivity contribution is 6.03. The maximum Gasteiger partial charge on any atom is 0.173 e. The quantitative estimate of drug-likeness (QED) is 0.0129. The van der Waals surface area contributed by atoms with Gasteiger partial charge in [-0.05, 0) is 196 Å². The van der Waals surface area contributed by atoms with Crippen LogP contribution >= 0.6 is 0 Å². The molecule has 13 aromatic carbocycles. The third-order valence-electron chi connectivity index (χ3n) is 28.4. The summed E-state index contributed by atoms with van der Waals surface area (Å²) in [6, 6.07) is 136. The summed E-state index contributed by atoms with van der Waals surface area (Å²) in [5.74, 6) is 16.8. The van der Waals surface area contributed by atoms with Crippen LogP contribution in [0.2, 0.25) is 0 Å². The van der Waals surface area contributed by atoms with Crippen LogP contribution in [0.25, 0.3) is 44.1 Å². The van der Waals surface area contributed by atoms with Crippen LogP contribution in [0.5, 0.6) is 23.0 Å². The molecule has 0 saturated carbocycles. The lowest BCUT2D eigenvalue weighted by molar-refractivity contribution is -0.688. The van der Waals surface area contributed by atoms with Crippen molar-refractivity contribution in [1.29, 1.82) is 0 Å². The highest BCUT2D eigenvalue weighted by atomic mass is 16.6. The van der Waals surface area contributed by atoms with E-state index in [4.69, 9.17) is 38.4 Å². The van der Waals surface area contributed by atoms with Crippen LogP contribution in [0.15, 0.2) is 438 Å². The second kappa shape index (κ2) is 45.9. The summed E-state index contributed by atoms with van der Waals surface area (Å²) < 4.78 is 44.9. The topological polar surface area (TPSA) is 96.7 Å². The SMILES string of the molecule is CC(C)(C)c1ccc(C(c2ccc(C[n+]3ccc(-c4cc[n+](Cc5ccc(C#Cc6cnc7c(ccc8cc(C#Cc9ccc(C[n+]%10ccc(-c%11cc[n+](Cc%12ccc(C(c%13ccc(OCCOCCOc%14ccccc%14)cc%13)(c%13ccc(C(C)(C)C)cc%13)c%13ccc(C(C)(C)C)cc%13)cc%12)cc%11)cc%10)cc9)cnc87)c6)cc5)cc4)cc3)cc2)(c2ccc(OCCOCCOc3ccccc3)cc2)c2ccc(C(C)(C)C)cc2)cc1. The van der Waals surface area contributed by atoms with Gasteiger partial charge in [-0.3, -0.25) is 9.97 Å². The number of rotatable bonds is 34. The summed E-state index contributed by atoms with van der Waals surface area (Å²) in [6.45, 7) is 33.9. The lowest BCUT2D eigenvalue weighted by atomic mass is 9.64. The first-order valence-corrected chi connectivity index (χ1v) is 52.2. The number of benzene rings is 13. The lowest BCUT2D eigenvalue weighted by Crippen LogP contribution is -2.34. The van der Waals surface area contributed by atoms with E-state index in [-0.39, 0.29) is 21.7 Å². The molecule has 0 amide bonds. The van der Waals surface area contributed by atoms with Crippen LogP contribution in [0.3, 0.4) is 0 Å². The van der Waals surface area contributed by atoms with Crippen LogP contribution in [0.1, 0.15) is 194 Å². The summed E-state index contributed by atoms with van der Waals surface area (Å²) in [5, 5.41) is 1.96. The Labute approximate surface area is 885 Å². The molecule has 19 aromatic rings. The molecular formula is C138H132N6O6+4. The van der Waals surface area contributed by atoms with Gasteiger partial charge in [-0.25, -0.2) is 18.3 Å². The minimum atomic E-state index is -0.659. The molecule has 12 heteroatoms. The molecule has 0 aliphatic rings. The molecule has 6 aromatic heterocycles. The van der Waals surface area contributed by atoms with Gasteiger partial charge in [-0.2, -0.15) is 0 Å². The molecule has 6 heterocycles. The average Bonchev–Trinajstić information content (AvgIpc) is 0.729. The van der Waals surface area contributed by atoms with Gasteiger partial charge in [-0.1, -0.05) is 349 Å². The Morgan fingerprint density at radius 2 is 0.413 bits per heavy atom. The molecule has 0 bridgehead atoms. The van der Waals surface area contributed by atoms with E-state index in [1.165, 1.54) is 77.9 Å². The fraction of sp³-hybridized carbons (Fsp3) is 0.217. The summed E-state index contributed by atoms with van der Waals surface area (Å²) in [4.78, 5) is 9.82. The van der Waals surface area contributed by atoms with Gasteiger partial charge >= 0.3 is 0 Å². The van der Waals surface area contributed by atoms with Gasteiger partial charge in [-0.15, -0.1) is 0 Å². The Morgan fingerprint density at radius 3 is 0.653 bits per heavy atom. The maximum atomic E-state index is 6.29. The van der Waals surface area contributed by atoms with Crippen LogP contribution in [0, 0.1) is 23.7 Å². The number of fused-ring (bicyclic) bond motifs is 3. The predicted molar refractivity (Wildman–Crippen MR) is 604 cm³/mol. The molecule has 19 rings (SSSR count). The maximum absolute atomic E-state index is 6.29. The number of hydrogen-bond donors (Lipinski definition) is 0. The zero-order valence-corrected chi connectivity index (χ0v) is 88.2. The van der Waals surface area contributed by atoms with Gasteiger partial charge in [0.05, 0.1) is 48.3 Å². The molecule has 0 spiro atoms. The number of hydrogen-bond acceptors (Lipinski definition) is 8. The first-order chi connectivity index (χ1) is 72.7. The van der Waals surface area contributed by atoms with Crippen LogP contribution in [-0.4, -0.2) is 62.8 Å². The molecule has 746 valence electrons. The van der Waals surface area contributed by atoms with Gasteiger partial charge in [0.2, 0.25) is 0 Å². The van der Waals surface area contributed by atoms with E-state index in [1.807, 2.05) is 73.1 Å². The first kappa shape index (κ1) is 102. The van der Waals surface area contributed by atoms with Gasteiger partial charge in [0.1, 0.15) is 49.4 Å². The molecule has 0 N–H and O–H groups in total. The fourth-order valence-electron chi connectivity index (χ4n) is 19.8. The van der Waals surface area contributed by atoms with Crippen molar-refractivity contribution in [1.82, 2.24) is 9.97 Å². The summed E-state index contributed by atoms with van der Waals surface area (Å²) in [5.41, 5.74) is 27.8. The average molecular weight is 1970 g/mol. The van der Waals surface area contributed by atoms with E-state index < -0.39 is 10.8 Å². The van der Waals surface area contributed by atoms with Crippen molar-refractivity contribution in [2.45, 2.75) is 142 Å². The third-order valence-corrected chi connectivity index (χ3v) is 28.4. The van der Waals surface area contributed by atoms with E-state index in [1.54, 1.807) is 0 Å². The minimum Gasteiger partial charge on any atom is -0.491 e. The Balaban J connectivity index is 0.448. The smallest absolute Gasteiger partial charge is 0.173 e. The molecule has 0 aliphatic heterocycles. The van der Waals surface area contributed by atoms with Crippen molar-refractivity contribution in [3.8, 4) is 68.9 Å². The zero-order chi connectivity index (χ0) is 104. The van der Waals surface area contributed by atoms with Crippen LogP contribution in [-0.2, 0) is 68.1 Å². The molecule has 150 heavy (non-hydrogen) atoms. The van der Waals surface area contributed by atoms with E-state index in [9.17, 15) is 0 Å². The van der Waals surface area contributed by atoms with E-state index in [0.717, 1.165) is 127 Å². The Hall–Kier alpha value is -16.5. The van der Waals surface area contributed by atoms with Crippen molar-refractivity contribution >= 4 is 21.8 Å². The van der Waals surface area contributed by atoms with E-state index in [0.29, 0.717) is 52.9 Å². The third kappa shape index (κ3) is 24.8. The lowest BCUT2D eigenvalue weighted by Gasteiger charge is -2.38. The van der Waals surface area contributed by atoms with Crippen molar-refractivity contribution < 1.29 is 46.7 Å². The molecule has 0 radical (unpaired) electrons. The zero-order valence-electron chi connectivity index (χ0n) is 88.2. The second-order valence-corrected chi connectivity index (χ2v) is 43.1. The highest BCUT2D eigenvalue weighted by Gasteiger charge is 2.42. The van der Waals surface area contributed by atoms with Gasteiger partial charge in [0.25, 0.3) is 0 Å². The van der Waals surface area contributed by atoms with E-state index in [2.05, 4.69) is 490 Å². The normalized spacial score (nSPS) is 11.9. The number of nitrogens with zero attached hydrogens (tertiary/aromatic N) is 6.